The van der Waals surface area contributed by atoms with E-state index >= 15 is 0 Å². The van der Waals surface area contributed by atoms with Gasteiger partial charge in [0, 0.05) is 6.20 Å². The second-order valence-electron chi connectivity index (χ2n) is 6.37. The molecule has 2 N–H and O–H groups in total. The third kappa shape index (κ3) is 6.25. The van der Waals surface area contributed by atoms with Gasteiger partial charge in [-0.05, 0) is 36.8 Å². The summed E-state index contributed by atoms with van der Waals surface area (Å²) < 4.78 is 116. The minimum Gasteiger partial charge on any atom is -0.327 e. The van der Waals surface area contributed by atoms with E-state index in [1.165, 1.54) is 5.32 Å². The van der Waals surface area contributed by atoms with Crippen LogP contribution in [0.1, 0.15) is 35.3 Å². The fraction of sp³-hybridized carbons (Fsp3) is 0.333. The molecule has 1 aromatic carbocycles. The fourth-order valence-corrected chi connectivity index (χ4v) is 2.51. The van der Waals surface area contributed by atoms with E-state index in [9.17, 15) is 44.3 Å². The molecule has 1 heterocycles. The number of carbonyl (C=O) groups is 1. The Morgan fingerprint density at radius 2 is 1.45 bits per heavy atom. The van der Waals surface area contributed by atoms with Crippen LogP contribution in [0.25, 0.3) is 0 Å². The molecule has 2 amide bonds. The van der Waals surface area contributed by atoms with Crippen molar-refractivity contribution in [1.82, 2.24) is 15.6 Å². The molecule has 2 aromatic rings. The van der Waals surface area contributed by atoms with Crippen molar-refractivity contribution < 1.29 is 44.3 Å². The van der Waals surface area contributed by atoms with Gasteiger partial charge in [0.15, 0.2) is 0 Å². The predicted molar refractivity (Wildman–Crippen MR) is 89.7 cm³/mol. The van der Waals surface area contributed by atoms with Gasteiger partial charge in [0.05, 0.1) is 22.9 Å². The van der Waals surface area contributed by atoms with Crippen LogP contribution in [0.5, 0.6) is 0 Å². The largest absolute Gasteiger partial charge is 0.418 e. The first-order valence-electron chi connectivity index (χ1n) is 8.43. The van der Waals surface area contributed by atoms with Gasteiger partial charge in [-0.25, -0.2) is 4.79 Å². The van der Waals surface area contributed by atoms with Crippen molar-refractivity contribution in [3.8, 4) is 0 Å². The van der Waals surface area contributed by atoms with E-state index in [4.69, 9.17) is 0 Å². The molecule has 1 aromatic heterocycles. The highest BCUT2D eigenvalue weighted by atomic mass is 19.4. The van der Waals surface area contributed by atoms with Crippen LogP contribution < -0.4 is 10.6 Å². The zero-order valence-electron chi connectivity index (χ0n) is 15.5. The number of nitrogens with zero attached hydrogens (tertiary/aromatic N) is 1. The molecule has 31 heavy (non-hydrogen) atoms. The van der Waals surface area contributed by atoms with Gasteiger partial charge in [-0.1, -0.05) is 12.1 Å². The van der Waals surface area contributed by atoms with E-state index in [0.717, 1.165) is 24.4 Å². The Hall–Kier alpha value is -2.99. The van der Waals surface area contributed by atoms with E-state index < -0.39 is 53.5 Å². The lowest BCUT2D eigenvalue weighted by Gasteiger charge is -2.24. The number of rotatable bonds is 4. The number of alkyl halides is 9. The second kappa shape index (κ2) is 8.63. The Kier molecular flexibility index (Phi) is 6.76. The molecular weight excluding hydrogens is 445 g/mol. The van der Waals surface area contributed by atoms with Crippen molar-refractivity contribution in [2.75, 3.05) is 0 Å². The van der Waals surface area contributed by atoms with Crippen molar-refractivity contribution in [1.29, 1.82) is 0 Å². The van der Waals surface area contributed by atoms with Crippen molar-refractivity contribution in [2.24, 2.45) is 0 Å². The van der Waals surface area contributed by atoms with Crippen LogP contribution in [0, 0.1) is 0 Å². The molecule has 0 aliphatic carbocycles. The van der Waals surface area contributed by atoms with Gasteiger partial charge >= 0.3 is 24.6 Å². The lowest BCUT2D eigenvalue weighted by molar-refractivity contribution is -0.148. The maximum atomic E-state index is 13.4. The standard InChI is InChI=1S/C18H14F9N3O/c1-9(16(19,20)21)29-15(31)30-13(10-4-6-11(7-5-10)17(22,23)24)14-12(18(25,26)27)3-2-8-28-14/h2-9,13H,1H3,(H2,29,30,31)/t9-,13?/m0/s1. The average Bonchev–Trinajstić information content (AvgIpc) is 2.64. The third-order valence-corrected chi connectivity index (χ3v) is 4.10. The molecule has 4 nitrogen and oxygen atoms in total. The van der Waals surface area contributed by atoms with E-state index in [0.29, 0.717) is 25.1 Å². The molecule has 0 aliphatic rings. The van der Waals surface area contributed by atoms with Gasteiger partial charge < -0.3 is 10.6 Å². The van der Waals surface area contributed by atoms with Crippen LogP contribution in [-0.4, -0.2) is 23.2 Å². The molecule has 0 radical (unpaired) electrons. The topological polar surface area (TPSA) is 54.0 Å². The molecule has 0 saturated heterocycles. The summed E-state index contributed by atoms with van der Waals surface area (Å²) in [4.78, 5) is 15.6. The van der Waals surface area contributed by atoms with Crippen LogP contribution in [0.2, 0.25) is 0 Å². The number of aromatic nitrogens is 1. The summed E-state index contributed by atoms with van der Waals surface area (Å²) in [5, 5.41) is 3.45. The zero-order chi connectivity index (χ0) is 23.6. The summed E-state index contributed by atoms with van der Waals surface area (Å²) in [5.74, 6) is 0. The van der Waals surface area contributed by atoms with Gasteiger partial charge in [0.25, 0.3) is 0 Å². The Labute approximate surface area is 169 Å². The normalized spacial score (nSPS) is 14.6. The third-order valence-electron chi connectivity index (χ3n) is 4.10. The number of amides is 2. The smallest absolute Gasteiger partial charge is 0.327 e. The first-order valence-corrected chi connectivity index (χ1v) is 8.43. The van der Waals surface area contributed by atoms with Gasteiger partial charge in [-0.2, -0.15) is 39.5 Å². The zero-order valence-corrected chi connectivity index (χ0v) is 15.5. The van der Waals surface area contributed by atoms with Crippen LogP contribution in [0.3, 0.4) is 0 Å². The highest BCUT2D eigenvalue weighted by Gasteiger charge is 2.39. The molecule has 170 valence electrons. The van der Waals surface area contributed by atoms with Crippen molar-refractivity contribution in [3.05, 3.63) is 65.0 Å². The SMILES string of the molecule is C[C@H](NC(=O)NC(c1ccc(C(F)(F)F)cc1)c1ncccc1C(F)(F)F)C(F)(F)F. The van der Waals surface area contributed by atoms with Gasteiger partial charge in [-0.3, -0.25) is 4.98 Å². The Bertz CT molecular complexity index is 905. The number of urea groups is 1. The Balaban J connectivity index is 2.48. The Morgan fingerprint density at radius 1 is 0.871 bits per heavy atom. The molecule has 1 unspecified atom stereocenters. The first-order chi connectivity index (χ1) is 14.1. The summed E-state index contributed by atoms with van der Waals surface area (Å²) in [6.07, 6.45) is -13.6. The minimum atomic E-state index is -4.95. The average molecular weight is 459 g/mol. The fourth-order valence-electron chi connectivity index (χ4n) is 2.51. The lowest BCUT2D eigenvalue weighted by atomic mass is 9.98. The molecule has 0 bridgehead atoms. The maximum absolute atomic E-state index is 13.4. The summed E-state index contributed by atoms with van der Waals surface area (Å²) in [7, 11) is 0. The molecule has 0 saturated carbocycles. The second-order valence-corrected chi connectivity index (χ2v) is 6.37. The molecule has 2 rings (SSSR count). The number of hydrogen-bond acceptors (Lipinski definition) is 2. The molecule has 0 spiro atoms. The number of pyridine rings is 1. The van der Waals surface area contributed by atoms with Gasteiger partial charge in [0.1, 0.15) is 6.04 Å². The van der Waals surface area contributed by atoms with E-state index in [1.54, 1.807) is 0 Å². The van der Waals surface area contributed by atoms with E-state index in [1.807, 2.05) is 5.32 Å². The van der Waals surface area contributed by atoms with Crippen LogP contribution in [0.15, 0.2) is 42.6 Å². The van der Waals surface area contributed by atoms with Crippen LogP contribution in [0.4, 0.5) is 44.3 Å². The molecular formula is C18H14F9N3O. The number of nitrogens with one attached hydrogen (secondary N) is 2. The van der Waals surface area contributed by atoms with Crippen LogP contribution in [-0.2, 0) is 12.4 Å². The lowest BCUT2D eigenvalue weighted by Crippen LogP contribution is -2.48. The first kappa shape index (κ1) is 24.3. The maximum Gasteiger partial charge on any atom is 0.418 e. The number of carbonyl (C=O) groups excluding carboxylic acids is 1. The molecule has 13 heteroatoms. The van der Waals surface area contributed by atoms with Gasteiger partial charge in [0.2, 0.25) is 0 Å². The Morgan fingerprint density at radius 3 is 1.94 bits per heavy atom. The summed E-state index contributed by atoms with van der Waals surface area (Å²) in [6.45, 7) is 0.606. The van der Waals surface area contributed by atoms with Crippen molar-refractivity contribution in [2.45, 2.75) is 37.5 Å². The van der Waals surface area contributed by atoms with Crippen molar-refractivity contribution >= 4 is 6.03 Å². The molecule has 0 fully saturated rings. The minimum absolute atomic E-state index is 0.257. The van der Waals surface area contributed by atoms with Crippen LogP contribution >= 0.6 is 0 Å². The molecule has 0 aliphatic heterocycles. The number of halogens is 9. The predicted octanol–water partition coefficient (Wildman–Crippen LogP) is 5.46. The number of hydrogen-bond donors (Lipinski definition) is 2. The quantitative estimate of drug-likeness (QED) is 0.597. The monoisotopic (exact) mass is 459 g/mol. The highest BCUT2D eigenvalue weighted by Crippen LogP contribution is 2.36. The number of benzene rings is 1. The van der Waals surface area contributed by atoms with Crippen molar-refractivity contribution in [3.63, 3.8) is 0 Å². The van der Waals surface area contributed by atoms with E-state index in [2.05, 4.69) is 4.98 Å². The highest BCUT2D eigenvalue weighted by molar-refractivity contribution is 5.75. The summed E-state index contributed by atoms with van der Waals surface area (Å²) in [6, 6.07) is -1.32. The molecule has 2 atom stereocenters. The van der Waals surface area contributed by atoms with Gasteiger partial charge in [-0.15, -0.1) is 0 Å². The summed E-state index contributed by atoms with van der Waals surface area (Å²) in [5.41, 5.74) is -3.48. The van der Waals surface area contributed by atoms with E-state index in [-0.39, 0.29) is 5.56 Å². The summed E-state index contributed by atoms with van der Waals surface area (Å²) >= 11 is 0.